The average Bonchev–Trinajstić information content (AvgIpc) is 3.31. The zero-order chi connectivity index (χ0) is 21.6. The van der Waals surface area contributed by atoms with Gasteiger partial charge >= 0.3 is 0 Å². The molecular formula is C24H29FN4O2. The Kier molecular flexibility index (Phi) is 5.07. The number of carbonyl (C=O) groups excluding carboxylic acids is 2. The van der Waals surface area contributed by atoms with E-state index in [0.717, 1.165) is 31.6 Å². The van der Waals surface area contributed by atoms with Crippen molar-refractivity contribution in [3.63, 3.8) is 0 Å². The van der Waals surface area contributed by atoms with Gasteiger partial charge in [0.1, 0.15) is 5.82 Å². The Bertz CT molecular complexity index is 1000. The first-order valence-electron chi connectivity index (χ1n) is 11.2. The summed E-state index contributed by atoms with van der Waals surface area (Å²) >= 11 is 0. The molecule has 3 heterocycles. The fraction of sp³-hybridized carbons (Fsp3) is 0.542. The van der Waals surface area contributed by atoms with Crippen LogP contribution in [0, 0.1) is 17.2 Å². The first kappa shape index (κ1) is 20.2. The molecule has 1 saturated carbocycles. The van der Waals surface area contributed by atoms with Gasteiger partial charge in [0.15, 0.2) is 0 Å². The zero-order valence-corrected chi connectivity index (χ0v) is 18.0. The van der Waals surface area contributed by atoms with Crippen molar-refractivity contribution in [3.8, 4) is 0 Å². The summed E-state index contributed by atoms with van der Waals surface area (Å²) in [6, 6.07) is 5.95. The van der Waals surface area contributed by atoms with E-state index >= 15 is 0 Å². The van der Waals surface area contributed by atoms with Crippen molar-refractivity contribution in [2.24, 2.45) is 18.4 Å². The van der Waals surface area contributed by atoms with Crippen LogP contribution in [-0.2, 0) is 23.1 Å². The highest BCUT2D eigenvalue weighted by atomic mass is 19.1. The number of imidazole rings is 1. The van der Waals surface area contributed by atoms with E-state index in [1.54, 1.807) is 18.5 Å². The molecule has 0 unspecified atom stereocenters. The largest absolute Gasteiger partial charge is 0.342 e. The Morgan fingerprint density at radius 2 is 2.16 bits per heavy atom. The molecule has 164 valence electrons. The van der Waals surface area contributed by atoms with Crippen molar-refractivity contribution in [2.45, 2.75) is 44.6 Å². The molecule has 0 bridgehead atoms. The number of hydrogen-bond donors (Lipinski definition) is 0. The van der Waals surface area contributed by atoms with Crippen molar-refractivity contribution in [2.75, 3.05) is 19.6 Å². The van der Waals surface area contributed by atoms with Gasteiger partial charge in [-0.15, -0.1) is 0 Å². The van der Waals surface area contributed by atoms with Gasteiger partial charge in [-0.05, 0) is 55.7 Å². The molecule has 5 rings (SSSR count). The van der Waals surface area contributed by atoms with Crippen LogP contribution in [0.25, 0.3) is 0 Å². The third-order valence-corrected chi connectivity index (χ3v) is 7.06. The smallest absolute Gasteiger partial charge is 0.230 e. The molecule has 2 aromatic rings. The van der Waals surface area contributed by atoms with Gasteiger partial charge in [-0.2, -0.15) is 0 Å². The van der Waals surface area contributed by atoms with Crippen LogP contribution in [0.3, 0.4) is 0 Å². The van der Waals surface area contributed by atoms with Crippen molar-refractivity contribution < 1.29 is 14.0 Å². The summed E-state index contributed by atoms with van der Waals surface area (Å²) in [5.74, 6) is 0.429. The van der Waals surface area contributed by atoms with E-state index in [4.69, 9.17) is 0 Å². The van der Waals surface area contributed by atoms with Gasteiger partial charge in [-0.25, -0.2) is 9.37 Å². The first-order valence-corrected chi connectivity index (χ1v) is 11.2. The van der Waals surface area contributed by atoms with Crippen LogP contribution in [0.15, 0.2) is 36.8 Å². The van der Waals surface area contributed by atoms with Crippen molar-refractivity contribution in [1.29, 1.82) is 0 Å². The molecule has 0 N–H and O–H groups in total. The summed E-state index contributed by atoms with van der Waals surface area (Å²) in [7, 11) is 1.91. The number of halogens is 1. The zero-order valence-electron chi connectivity index (χ0n) is 18.0. The predicted octanol–water partition coefficient (Wildman–Crippen LogP) is 3.09. The summed E-state index contributed by atoms with van der Waals surface area (Å²) in [6.45, 7) is 2.09. The van der Waals surface area contributed by atoms with E-state index in [-0.39, 0.29) is 30.1 Å². The number of nitrogens with zero attached hydrogens (tertiary/aromatic N) is 4. The highest BCUT2D eigenvalue weighted by molar-refractivity contribution is 5.87. The lowest BCUT2D eigenvalue weighted by molar-refractivity contribution is -0.146. The number of likely N-dealkylation sites (tertiary alicyclic amines) is 2. The Labute approximate surface area is 182 Å². The quantitative estimate of drug-likeness (QED) is 0.741. The van der Waals surface area contributed by atoms with Crippen LogP contribution in [0.4, 0.5) is 4.39 Å². The second kappa shape index (κ2) is 7.77. The molecule has 7 heteroatoms. The molecule has 3 fully saturated rings. The number of aryl methyl sites for hydroxylation is 1. The molecule has 1 aromatic heterocycles. The Balaban J connectivity index is 1.42. The minimum absolute atomic E-state index is 0.0785. The van der Waals surface area contributed by atoms with Gasteiger partial charge in [-0.1, -0.05) is 12.1 Å². The Morgan fingerprint density at radius 1 is 1.32 bits per heavy atom. The number of benzene rings is 1. The number of carbonyl (C=O) groups is 2. The van der Waals surface area contributed by atoms with Crippen LogP contribution in [0.2, 0.25) is 0 Å². The molecule has 3 aliphatic rings. The highest BCUT2D eigenvalue weighted by Crippen LogP contribution is 2.49. The summed E-state index contributed by atoms with van der Waals surface area (Å²) in [4.78, 5) is 35.3. The fourth-order valence-corrected chi connectivity index (χ4v) is 5.31. The molecular weight excluding hydrogens is 395 g/mol. The van der Waals surface area contributed by atoms with Crippen LogP contribution in [-0.4, -0.2) is 50.8 Å². The molecule has 2 amide bonds. The fourth-order valence-electron chi connectivity index (χ4n) is 5.31. The summed E-state index contributed by atoms with van der Waals surface area (Å²) in [5.41, 5.74) is 0.933. The molecule has 1 aromatic carbocycles. The molecule has 2 aliphatic heterocycles. The van der Waals surface area contributed by atoms with E-state index in [2.05, 4.69) is 4.98 Å². The SMILES string of the molecule is Cn1cnc([C@H]2C[C@]3(CCCN(CC4CC4)C3=O)CN2C(=O)Cc2cccc(F)c2)c1. The van der Waals surface area contributed by atoms with Crippen LogP contribution >= 0.6 is 0 Å². The van der Waals surface area contributed by atoms with Gasteiger partial charge in [0.25, 0.3) is 0 Å². The van der Waals surface area contributed by atoms with E-state index in [0.29, 0.717) is 24.4 Å². The third kappa shape index (κ3) is 3.98. The molecule has 1 aliphatic carbocycles. The monoisotopic (exact) mass is 424 g/mol. The Hall–Kier alpha value is -2.70. The topological polar surface area (TPSA) is 58.4 Å². The molecule has 2 saturated heterocycles. The van der Waals surface area contributed by atoms with E-state index < -0.39 is 5.41 Å². The van der Waals surface area contributed by atoms with Crippen LogP contribution in [0.1, 0.15) is 49.4 Å². The van der Waals surface area contributed by atoms with Crippen LogP contribution in [0.5, 0.6) is 0 Å². The maximum atomic E-state index is 13.6. The maximum Gasteiger partial charge on any atom is 0.230 e. The minimum atomic E-state index is -0.535. The minimum Gasteiger partial charge on any atom is -0.342 e. The first-order chi connectivity index (χ1) is 14.9. The van der Waals surface area contributed by atoms with E-state index in [1.807, 2.05) is 27.6 Å². The normalized spacial score (nSPS) is 26.1. The molecule has 31 heavy (non-hydrogen) atoms. The van der Waals surface area contributed by atoms with Gasteiger partial charge in [0.2, 0.25) is 11.8 Å². The molecule has 0 radical (unpaired) electrons. The number of rotatable bonds is 5. The molecule has 1 spiro atoms. The Morgan fingerprint density at radius 3 is 2.87 bits per heavy atom. The van der Waals surface area contributed by atoms with Gasteiger partial charge < -0.3 is 14.4 Å². The maximum absolute atomic E-state index is 13.6. The molecule has 2 atom stereocenters. The van der Waals surface area contributed by atoms with Gasteiger partial charge in [-0.3, -0.25) is 9.59 Å². The number of amides is 2. The molecule has 6 nitrogen and oxygen atoms in total. The lowest BCUT2D eigenvalue weighted by Crippen LogP contribution is -2.51. The van der Waals surface area contributed by atoms with E-state index in [9.17, 15) is 14.0 Å². The van der Waals surface area contributed by atoms with Crippen molar-refractivity contribution in [3.05, 3.63) is 53.9 Å². The lowest BCUT2D eigenvalue weighted by atomic mass is 9.76. The second-order valence-electron chi connectivity index (χ2n) is 9.59. The number of hydrogen-bond acceptors (Lipinski definition) is 3. The number of aromatic nitrogens is 2. The second-order valence-corrected chi connectivity index (χ2v) is 9.59. The third-order valence-electron chi connectivity index (χ3n) is 7.06. The average molecular weight is 425 g/mol. The van der Waals surface area contributed by atoms with Crippen LogP contribution < -0.4 is 0 Å². The van der Waals surface area contributed by atoms with Crippen molar-refractivity contribution in [1.82, 2.24) is 19.4 Å². The lowest BCUT2D eigenvalue weighted by Gasteiger charge is -2.39. The summed E-state index contributed by atoms with van der Waals surface area (Å²) in [5, 5.41) is 0. The highest BCUT2D eigenvalue weighted by Gasteiger charge is 2.54. The number of piperidine rings is 1. The summed E-state index contributed by atoms with van der Waals surface area (Å²) < 4.78 is 15.5. The summed E-state index contributed by atoms with van der Waals surface area (Å²) in [6.07, 6.45) is 8.60. The van der Waals surface area contributed by atoms with Gasteiger partial charge in [0, 0.05) is 32.9 Å². The standard InChI is InChI=1S/C24H29FN4O2/c1-27-14-20(26-16-27)21-12-24(8-3-9-28(23(24)31)13-17-6-7-17)15-29(21)22(30)11-18-4-2-5-19(25)10-18/h2,4-5,10,14,16-17,21H,3,6-9,11-13,15H2,1H3/t21-,24-/m1/s1. The van der Waals surface area contributed by atoms with Crippen molar-refractivity contribution >= 4 is 11.8 Å². The predicted molar refractivity (Wildman–Crippen MR) is 113 cm³/mol. The van der Waals surface area contributed by atoms with Gasteiger partial charge in [0.05, 0.1) is 29.9 Å². The van der Waals surface area contributed by atoms with E-state index in [1.165, 1.54) is 25.0 Å².